The molecule has 1 aliphatic heterocycles. The number of benzene rings is 1. The van der Waals surface area contributed by atoms with Crippen molar-refractivity contribution >= 4 is 43.5 Å². The van der Waals surface area contributed by atoms with Crippen LogP contribution in [0.1, 0.15) is 12.8 Å². The van der Waals surface area contributed by atoms with Gasteiger partial charge in [0.1, 0.15) is 0 Å². The molecule has 0 aliphatic carbocycles. The maximum Gasteiger partial charge on any atom is 0.240 e. The number of piperidine rings is 1. The molecule has 1 fully saturated rings. The van der Waals surface area contributed by atoms with Gasteiger partial charge in [0.05, 0.1) is 9.92 Å². The Balaban J connectivity index is 2.15. The SMILES string of the molecule is CN1CC(NS(=O)(=O)c2ccc(Cl)c(Br)c2)CCC1=O. The predicted molar refractivity (Wildman–Crippen MR) is 80.1 cm³/mol. The van der Waals surface area contributed by atoms with Crippen LogP contribution < -0.4 is 4.72 Å². The largest absolute Gasteiger partial charge is 0.344 e. The summed E-state index contributed by atoms with van der Waals surface area (Å²) in [6.45, 7) is 0.382. The highest BCUT2D eigenvalue weighted by Crippen LogP contribution is 2.25. The van der Waals surface area contributed by atoms with Crippen LogP contribution in [0.2, 0.25) is 5.02 Å². The van der Waals surface area contributed by atoms with Crippen LogP contribution in [-0.4, -0.2) is 38.9 Å². The summed E-state index contributed by atoms with van der Waals surface area (Å²) in [5, 5.41) is 0.451. The fraction of sp³-hybridized carbons (Fsp3) is 0.417. The minimum atomic E-state index is -3.62. The molecular formula is C12H14BrClN2O3S. The fourth-order valence-electron chi connectivity index (χ4n) is 2.04. The molecule has 0 aromatic heterocycles. The summed E-state index contributed by atoms with van der Waals surface area (Å²) >= 11 is 9.06. The molecule has 1 heterocycles. The maximum atomic E-state index is 12.3. The van der Waals surface area contributed by atoms with E-state index in [2.05, 4.69) is 20.7 Å². The molecule has 1 unspecified atom stereocenters. The van der Waals surface area contributed by atoms with Crippen molar-refractivity contribution in [3.63, 3.8) is 0 Å². The average Bonchev–Trinajstić information content (AvgIpc) is 2.37. The lowest BCUT2D eigenvalue weighted by molar-refractivity contribution is -0.132. The summed E-state index contributed by atoms with van der Waals surface area (Å²) < 4.78 is 27.7. The number of carbonyl (C=O) groups is 1. The minimum Gasteiger partial charge on any atom is -0.344 e. The first-order valence-electron chi connectivity index (χ1n) is 6.01. The number of carbonyl (C=O) groups excluding carboxylic acids is 1. The molecule has 1 aliphatic rings. The summed E-state index contributed by atoms with van der Waals surface area (Å²) in [5.74, 6) is 0.0367. The summed E-state index contributed by atoms with van der Waals surface area (Å²) in [5.41, 5.74) is 0. The van der Waals surface area contributed by atoms with Crippen molar-refractivity contribution in [1.29, 1.82) is 0 Å². The van der Waals surface area contributed by atoms with E-state index in [0.717, 1.165) is 0 Å². The van der Waals surface area contributed by atoms with Gasteiger partial charge >= 0.3 is 0 Å². The van der Waals surface area contributed by atoms with E-state index in [1.165, 1.54) is 23.1 Å². The Morgan fingerprint density at radius 2 is 2.15 bits per heavy atom. The third-order valence-electron chi connectivity index (χ3n) is 3.15. The lowest BCUT2D eigenvalue weighted by atomic mass is 10.1. The third kappa shape index (κ3) is 3.52. The van der Waals surface area contributed by atoms with E-state index in [1.807, 2.05) is 0 Å². The number of nitrogens with one attached hydrogen (secondary N) is 1. The first-order chi connectivity index (χ1) is 9.29. The number of sulfonamides is 1. The van der Waals surface area contributed by atoms with E-state index >= 15 is 0 Å². The second-order valence-corrected chi connectivity index (χ2v) is 7.68. The van der Waals surface area contributed by atoms with Gasteiger partial charge in [0.2, 0.25) is 15.9 Å². The Hall–Kier alpha value is -0.630. The molecule has 0 saturated carbocycles. The van der Waals surface area contributed by atoms with Crippen molar-refractivity contribution in [2.24, 2.45) is 0 Å². The molecule has 1 saturated heterocycles. The van der Waals surface area contributed by atoms with E-state index in [1.54, 1.807) is 7.05 Å². The zero-order valence-corrected chi connectivity index (χ0v) is 13.9. The van der Waals surface area contributed by atoms with Gasteiger partial charge in [-0.25, -0.2) is 13.1 Å². The molecule has 1 aromatic rings. The number of amides is 1. The number of halogens is 2. The first kappa shape index (κ1) is 15.8. The van der Waals surface area contributed by atoms with Crippen LogP contribution >= 0.6 is 27.5 Å². The summed E-state index contributed by atoms with van der Waals surface area (Å²) in [6, 6.07) is 4.17. The minimum absolute atomic E-state index is 0.0367. The number of hydrogen-bond donors (Lipinski definition) is 1. The second kappa shape index (κ2) is 6.01. The van der Waals surface area contributed by atoms with E-state index in [4.69, 9.17) is 11.6 Å². The topological polar surface area (TPSA) is 66.5 Å². The van der Waals surface area contributed by atoms with Gasteiger partial charge in [-0.2, -0.15) is 0 Å². The molecule has 2 rings (SSSR count). The first-order valence-corrected chi connectivity index (χ1v) is 8.66. The van der Waals surface area contributed by atoms with Crippen molar-refractivity contribution in [3.05, 3.63) is 27.7 Å². The molecule has 0 bridgehead atoms. The summed E-state index contributed by atoms with van der Waals surface area (Å²) in [6.07, 6.45) is 0.866. The highest BCUT2D eigenvalue weighted by Gasteiger charge is 2.27. The number of nitrogens with zero attached hydrogens (tertiary/aromatic N) is 1. The lowest BCUT2D eigenvalue weighted by Gasteiger charge is -2.29. The van der Waals surface area contributed by atoms with Crippen molar-refractivity contribution in [2.75, 3.05) is 13.6 Å². The highest BCUT2D eigenvalue weighted by molar-refractivity contribution is 9.10. The number of likely N-dealkylation sites (tertiary alicyclic amines) is 1. The Bertz CT molecular complexity index is 636. The summed E-state index contributed by atoms with van der Waals surface area (Å²) in [4.78, 5) is 13.1. The number of rotatable bonds is 3. The lowest BCUT2D eigenvalue weighted by Crippen LogP contribution is -2.48. The molecule has 0 spiro atoms. The third-order valence-corrected chi connectivity index (χ3v) is 5.88. The molecule has 1 N–H and O–H groups in total. The highest BCUT2D eigenvalue weighted by atomic mass is 79.9. The molecule has 5 nitrogen and oxygen atoms in total. The Labute approximate surface area is 131 Å². The zero-order chi connectivity index (χ0) is 14.9. The summed E-state index contributed by atoms with van der Waals surface area (Å²) in [7, 11) is -1.95. The fourth-order valence-corrected chi connectivity index (χ4v) is 3.98. The van der Waals surface area contributed by atoms with Crippen LogP contribution in [0.4, 0.5) is 0 Å². The molecular weight excluding hydrogens is 368 g/mol. The molecule has 0 radical (unpaired) electrons. The monoisotopic (exact) mass is 380 g/mol. The van der Waals surface area contributed by atoms with E-state index in [-0.39, 0.29) is 16.8 Å². The van der Waals surface area contributed by atoms with Crippen LogP contribution in [0.15, 0.2) is 27.6 Å². The van der Waals surface area contributed by atoms with E-state index < -0.39 is 10.0 Å². The van der Waals surface area contributed by atoms with Gasteiger partial charge < -0.3 is 4.90 Å². The van der Waals surface area contributed by atoms with Gasteiger partial charge in [-0.1, -0.05) is 11.6 Å². The normalized spacial score (nSPS) is 20.2. The van der Waals surface area contributed by atoms with Crippen molar-refractivity contribution in [3.8, 4) is 0 Å². The quantitative estimate of drug-likeness (QED) is 0.871. The predicted octanol–water partition coefficient (Wildman–Crippen LogP) is 2.00. The van der Waals surface area contributed by atoms with Crippen molar-refractivity contribution in [2.45, 2.75) is 23.8 Å². The molecule has 8 heteroatoms. The molecule has 110 valence electrons. The van der Waals surface area contributed by atoms with Gasteiger partial charge in [0.25, 0.3) is 0 Å². The van der Waals surface area contributed by atoms with Crippen molar-refractivity contribution in [1.82, 2.24) is 9.62 Å². The smallest absolute Gasteiger partial charge is 0.240 e. The zero-order valence-electron chi connectivity index (χ0n) is 10.8. The van der Waals surface area contributed by atoms with Gasteiger partial charge in [-0.05, 0) is 40.5 Å². The van der Waals surface area contributed by atoms with Gasteiger partial charge in [-0.3, -0.25) is 4.79 Å². The number of likely N-dealkylation sites (N-methyl/N-ethyl adjacent to an activating group) is 1. The van der Waals surface area contributed by atoms with E-state index in [0.29, 0.717) is 28.9 Å². The van der Waals surface area contributed by atoms with E-state index in [9.17, 15) is 13.2 Å². The van der Waals surface area contributed by atoms with Gasteiger partial charge in [0, 0.05) is 30.5 Å². The Morgan fingerprint density at radius 1 is 1.45 bits per heavy atom. The molecule has 1 amide bonds. The van der Waals surface area contributed by atoms with Crippen LogP contribution in [-0.2, 0) is 14.8 Å². The second-order valence-electron chi connectivity index (χ2n) is 4.71. The maximum absolute atomic E-state index is 12.3. The van der Waals surface area contributed by atoms with Crippen molar-refractivity contribution < 1.29 is 13.2 Å². The molecule has 1 atom stereocenters. The van der Waals surface area contributed by atoms with Crippen LogP contribution in [0.25, 0.3) is 0 Å². The van der Waals surface area contributed by atoms with Gasteiger partial charge in [-0.15, -0.1) is 0 Å². The van der Waals surface area contributed by atoms with Crippen LogP contribution in [0.3, 0.4) is 0 Å². The number of hydrogen-bond acceptors (Lipinski definition) is 3. The molecule has 1 aromatic carbocycles. The van der Waals surface area contributed by atoms with Gasteiger partial charge in [0.15, 0.2) is 0 Å². The van der Waals surface area contributed by atoms with Crippen LogP contribution in [0.5, 0.6) is 0 Å². The molecule has 20 heavy (non-hydrogen) atoms. The average molecular weight is 382 g/mol. The standard InChI is InChI=1S/C12H14BrClN2O3S/c1-16-7-8(2-5-12(16)17)15-20(18,19)9-3-4-11(14)10(13)6-9/h3-4,6,8,15H,2,5,7H2,1H3. The van der Waals surface area contributed by atoms with Crippen LogP contribution in [0, 0.1) is 0 Å². The Morgan fingerprint density at radius 3 is 2.75 bits per heavy atom. The Kier molecular flexibility index (Phi) is 4.73.